The lowest BCUT2D eigenvalue weighted by Crippen LogP contribution is -2.44. The first-order chi connectivity index (χ1) is 29.8. The first-order valence-electron chi connectivity index (χ1n) is 20.3. The van der Waals surface area contributed by atoms with E-state index in [1.165, 1.54) is 21.2 Å². The average Bonchev–Trinajstić information content (AvgIpc) is 3.33. The zero-order chi connectivity index (χ0) is 39.8. The summed E-state index contributed by atoms with van der Waals surface area (Å²) >= 11 is 0. The molecule has 60 heavy (non-hydrogen) atoms. The number of hydrogen-bond donors (Lipinski definition) is 0. The second-order valence-corrected chi connectivity index (χ2v) is 19.5. The van der Waals surface area contributed by atoms with E-state index in [2.05, 4.69) is 182 Å². The van der Waals surface area contributed by atoms with Gasteiger partial charge in [-0.1, -0.05) is 206 Å². The molecule has 0 fully saturated rings. The molecule has 0 amide bonds. The third-order valence-electron chi connectivity index (χ3n) is 11.4. The van der Waals surface area contributed by atoms with Crippen LogP contribution in [0.5, 0.6) is 11.5 Å². The molecule has 4 unspecified atom stereocenters. The summed E-state index contributed by atoms with van der Waals surface area (Å²) in [4.78, 5) is 0. The van der Waals surface area contributed by atoms with Crippen molar-refractivity contribution in [1.29, 1.82) is 0 Å². The molecule has 2 aliphatic heterocycles. The predicted octanol–water partition coefficient (Wildman–Crippen LogP) is 9.86. The lowest BCUT2D eigenvalue weighted by atomic mass is 9.77. The molecule has 9 aromatic rings. The van der Waals surface area contributed by atoms with Crippen LogP contribution in [0.25, 0.3) is 21.5 Å². The summed E-state index contributed by atoms with van der Waals surface area (Å²) in [5, 5.41) is 9.55. The van der Waals surface area contributed by atoms with Crippen molar-refractivity contribution in [1.82, 2.24) is 0 Å². The standard InChI is InChI=1S/C52H38B2O4P2/c1-5-19-39(20-6-1)53-55-47-35-29-37-17-13-15-27-45(37)49(47)51(57-53)59(41-23-9-3-10-24-41)43-31-33-44(34-32-43)60(42-25-11-4-12-26-42)52-50-46-28-16-14-18-38(46)30-36-48(50)56-54(58-52)40-21-7-2-8-22-40/h1-36,51-52H. The Balaban J connectivity index is 1.06. The SMILES string of the molecule is c1ccc(B2Oc3ccc4ccccc4c3C(P(c3ccccc3)c3ccc(P(c4ccccc4)C4OB(c5ccccc5)Oc5ccc6ccccc6c54)cc3)O2)cc1. The maximum atomic E-state index is 7.23. The van der Waals surface area contributed by atoms with Crippen LogP contribution in [0.3, 0.4) is 0 Å². The highest BCUT2D eigenvalue weighted by Gasteiger charge is 2.43. The van der Waals surface area contributed by atoms with Crippen LogP contribution >= 0.6 is 15.8 Å². The quantitative estimate of drug-likeness (QED) is 0.113. The Hall–Kier alpha value is -5.99. The molecule has 0 N–H and O–H groups in total. The van der Waals surface area contributed by atoms with Crippen molar-refractivity contribution in [2.24, 2.45) is 0 Å². The van der Waals surface area contributed by atoms with Gasteiger partial charge in [-0.3, -0.25) is 0 Å². The fourth-order valence-corrected chi connectivity index (χ4v) is 13.7. The second kappa shape index (κ2) is 16.2. The van der Waals surface area contributed by atoms with Crippen LogP contribution in [-0.2, 0) is 9.31 Å². The Bertz CT molecular complexity index is 2720. The maximum absolute atomic E-state index is 7.23. The zero-order valence-electron chi connectivity index (χ0n) is 32.6. The third-order valence-corrected chi connectivity index (χ3v) is 16.5. The monoisotopic (exact) mass is 810 g/mol. The van der Waals surface area contributed by atoms with Crippen LogP contribution < -0.4 is 41.5 Å². The van der Waals surface area contributed by atoms with E-state index >= 15 is 0 Å². The van der Waals surface area contributed by atoms with E-state index in [4.69, 9.17) is 18.6 Å². The molecule has 286 valence electrons. The normalized spacial score (nSPS) is 16.9. The zero-order valence-corrected chi connectivity index (χ0v) is 34.4. The molecule has 4 nitrogen and oxygen atoms in total. The van der Waals surface area contributed by atoms with Gasteiger partial charge < -0.3 is 18.6 Å². The number of fused-ring (bicyclic) bond motifs is 6. The first kappa shape index (κ1) is 37.0. The molecule has 0 radical (unpaired) electrons. The minimum atomic E-state index is -1.10. The summed E-state index contributed by atoms with van der Waals surface area (Å²) < 4.78 is 27.9. The van der Waals surface area contributed by atoms with Crippen LogP contribution in [-0.4, -0.2) is 14.2 Å². The largest absolute Gasteiger partial charge is 0.563 e. The number of rotatable bonds is 8. The van der Waals surface area contributed by atoms with Crippen molar-refractivity contribution in [2.75, 3.05) is 0 Å². The van der Waals surface area contributed by atoms with Gasteiger partial charge in [-0.2, -0.15) is 0 Å². The van der Waals surface area contributed by atoms with Crippen molar-refractivity contribution in [3.63, 3.8) is 0 Å². The summed E-state index contributed by atoms with van der Waals surface area (Å²) in [6, 6.07) is 77.4. The molecule has 8 heteroatoms. The van der Waals surface area contributed by atoms with Crippen molar-refractivity contribution < 1.29 is 18.6 Å². The van der Waals surface area contributed by atoms with Crippen LogP contribution in [0.4, 0.5) is 0 Å². The number of hydrogen-bond acceptors (Lipinski definition) is 4. The highest BCUT2D eigenvalue weighted by Crippen LogP contribution is 2.58. The van der Waals surface area contributed by atoms with Gasteiger partial charge in [0.05, 0.1) is 0 Å². The van der Waals surface area contributed by atoms with E-state index in [0.717, 1.165) is 55.1 Å². The van der Waals surface area contributed by atoms with Gasteiger partial charge in [0.15, 0.2) is 0 Å². The van der Waals surface area contributed by atoms with E-state index in [1.807, 2.05) is 36.4 Å². The fourth-order valence-electron chi connectivity index (χ4n) is 8.61. The molecule has 2 heterocycles. The van der Waals surface area contributed by atoms with Gasteiger partial charge in [-0.25, -0.2) is 0 Å². The number of benzene rings is 9. The van der Waals surface area contributed by atoms with Gasteiger partial charge in [-0.05, 0) is 81.7 Å². The molecule has 0 aromatic heterocycles. The molecular weight excluding hydrogens is 772 g/mol. The maximum Gasteiger partial charge on any atom is 0.563 e. The topological polar surface area (TPSA) is 36.9 Å². The highest BCUT2D eigenvalue weighted by molar-refractivity contribution is 7.74. The summed E-state index contributed by atoms with van der Waals surface area (Å²) in [5.74, 6) is 1.16. The Kier molecular flexibility index (Phi) is 10.0. The smallest absolute Gasteiger partial charge is 0.532 e. The molecule has 0 saturated carbocycles. The molecule has 0 spiro atoms. The van der Waals surface area contributed by atoms with Crippen LogP contribution in [0.2, 0.25) is 0 Å². The van der Waals surface area contributed by atoms with E-state index in [9.17, 15) is 0 Å². The van der Waals surface area contributed by atoms with Gasteiger partial charge in [0, 0.05) is 11.1 Å². The van der Waals surface area contributed by atoms with Crippen LogP contribution in [0, 0.1) is 0 Å². The minimum Gasteiger partial charge on any atom is -0.532 e. The Morgan fingerprint density at radius 1 is 0.317 bits per heavy atom. The molecule has 9 aromatic carbocycles. The van der Waals surface area contributed by atoms with E-state index < -0.39 is 30.1 Å². The highest BCUT2D eigenvalue weighted by atomic mass is 31.1. The van der Waals surface area contributed by atoms with Gasteiger partial charge in [0.2, 0.25) is 0 Å². The van der Waals surface area contributed by atoms with Gasteiger partial charge in [0.1, 0.15) is 23.2 Å². The lowest BCUT2D eigenvalue weighted by molar-refractivity contribution is 0.227. The van der Waals surface area contributed by atoms with Crippen molar-refractivity contribution in [2.45, 2.75) is 11.7 Å². The summed E-state index contributed by atoms with van der Waals surface area (Å²) in [7, 11) is -3.30. The summed E-state index contributed by atoms with van der Waals surface area (Å²) in [6.45, 7) is 0. The van der Waals surface area contributed by atoms with Gasteiger partial charge >= 0.3 is 14.2 Å². The lowest BCUT2D eigenvalue weighted by Gasteiger charge is -2.38. The Morgan fingerprint density at radius 3 is 1.05 bits per heavy atom. The van der Waals surface area contributed by atoms with Crippen LogP contribution in [0.15, 0.2) is 218 Å². The molecule has 4 atom stereocenters. The Labute approximate surface area is 353 Å². The molecule has 0 aliphatic carbocycles. The van der Waals surface area contributed by atoms with Crippen molar-refractivity contribution >= 4 is 83.8 Å². The van der Waals surface area contributed by atoms with E-state index in [-0.39, 0.29) is 11.7 Å². The van der Waals surface area contributed by atoms with Crippen LogP contribution in [0.1, 0.15) is 22.8 Å². The third kappa shape index (κ3) is 6.90. The van der Waals surface area contributed by atoms with E-state index in [0.29, 0.717) is 0 Å². The molecule has 0 bridgehead atoms. The fraction of sp³-hybridized carbons (Fsp3) is 0.0385. The summed E-state index contributed by atoms with van der Waals surface area (Å²) in [6.07, 6.45) is 0. The molecule has 0 saturated heterocycles. The Morgan fingerprint density at radius 2 is 0.650 bits per heavy atom. The summed E-state index contributed by atoms with van der Waals surface area (Å²) in [5.41, 5.74) is 4.17. The first-order valence-corrected chi connectivity index (χ1v) is 23.1. The van der Waals surface area contributed by atoms with Crippen molar-refractivity contribution in [3.05, 3.63) is 230 Å². The molecular formula is C52H38B2O4P2. The minimum absolute atomic E-state index is 0.285. The average molecular weight is 810 g/mol. The second-order valence-electron chi connectivity index (χ2n) is 15.0. The predicted molar refractivity (Wildman–Crippen MR) is 252 cm³/mol. The van der Waals surface area contributed by atoms with Gasteiger partial charge in [0.25, 0.3) is 0 Å². The van der Waals surface area contributed by atoms with E-state index in [1.54, 1.807) is 0 Å². The van der Waals surface area contributed by atoms with Crippen molar-refractivity contribution in [3.8, 4) is 11.5 Å². The molecule has 11 rings (SSSR count). The van der Waals surface area contributed by atoms with Gasteiger partial charge in [-0.15, -0.1) is 0 Å². The molecule has 2 aliphatic rings.